The van der Waals surface area contributed by atoms with Crippen LogP contribution in [0.1, 0.15) is 21.5 Å². The maximum Gasteiger partial charge on any atom is 0.270 e. The molecule has 3 aromatic carbocycles. The molecule has 3 rings (SSSR count). The van der Waals surface area contributed by atoms with E-state index < -0.39 is 38.1 Å². The number of phenols is 1. The van der Waals surface area contributed by atoms with E-state index in [0.29, 0.717) is 0 Å². The van der Waals surface area contributed by atoms with Crippen molar-refractivity contribution in [2.45, 2.75) is 11.4 Å². The highest BCUT2D eigenvalue weighted by molar-refractivity contribution is 7.92. The highest BCUT2D eigenvalue weighted by Gasteiger charge is 2.21. The fourth-order valence-electron chi connectivity index (χ4n) is 3.05. The Balaban J connectivity index is 1.86. The summed E-state index contributed by atoms with van der Waals surface area (Å²) in [5, 5.41) is 30.1. The lowest BCUT2D eigenvalue weighted by atomic mass is 10.1. The molecule has 1 amide bonds. The van der Waals surface area contributed by atoms with Crippen LogP contribution in [0.5, 0.6) is 5.75 Å². The van der Waals surface area contributed by atoms with Gasteiger partial charge in [-0.15, -0.1) is 0 Å². The van der Waals surface area contributed by atoms with Crippen LogP contribution in [0.3, 0.4) is 0 Å². The summed E-state index contributed by atoms with van der Waals surface area (Å²) >= 11 is 0. The summed E-state index contributed by atoms with van der Waals surface area (Å²) in [5.74, 6) is -1.81. The molecule has 0 aliphatic heterocycles. The van der Waals surface area contributed by atoms with E-state index in [2.05, 4.69) is 4.72 Å². The van der Waals surface area contributed by atoms with E-state index in [1.807, 2.05) is 6.07 Å². The molecule has 0 fully saturated rings. The van der Waals surface area contributed by atoms with Gasteiger partial charge in [0, 0.05) is 37.0 Å². The summed E-state index contributed by atoms with van der Waals surface area (Å²) in [6, 6.07) is 13.4. The molecule has 0 unspecified atom stereocenters. The third-order valence-electron chi connectivity index (χ3n) is 4.75. The number of nitrogens with one attached hydrogen (secondary N) is 1. The minimum Gasteiger partial charge on any atom is -0.507 e. The Bertz CT molecular complexity index is 1440. The molecule has 0 aliphatic rings. The number of carbonyl (C=O) groups excluding carboxylic acids is 1. The van der Waals surface area contributed by atoms with Gasteiger partial charge in [-0.05, 0) is 42.5 Å². The fourth-order valence-corrected chi connectivity index (χ4v) is 4.14. The maximum absolute atomic E-state index is 14.1. The highest BCUT2D eigenvalue weighted by Crippen LogP contribution is 2.26. The maximum atomic E-state index is 14.1. The number of nitro groups is 1. The average molecular weight is 484 g/mol. The second kappa shape index (κ2) is 9.55. The number of carbonyl (C=O) groups is 1. The second-order valence-electron chi connectivity index (χ2n) is 7.17. The van der Waals surface area contributed by atoms with Crippen molar-refractivity contribution in [3.8, 4) is 11.8 Å². The third-order valence-corrected chi connectivity index (χ3v) is 6.13. The van der Waals surface area contributed by atoms with Gasteiger partial charge in [0.15, 0.2) is 0 Å². The smallest absolute Gasteiger partial charge is 0.270 e. The summed E-state index contributed by atoms with van der Waals surface area (Å²) in [6.45, 7) is -0.219. The van der Waals surface area contributed by atoms with Crippen LogP contribution >= 0.6 is 0 Å². The van der Waals surface area contributed by atoms with Crippen LogP contribution in [0.25, 0.3) is 0 Å². The first-order valence-corrected chi connectivity index (χ1v) is 11.0. The monoisotopic (exact) mass is 484 g/mol. The Labute approximate surface area is 193 Å². The van der Waals surface area contributed by atoms with Gasteiger partial charge >= 0.3 is 0 Å². The minimum atomic E-state index is -4.25. The van der Waals surface area contributed by atoms with Gasteiger partial charge in [0.25, 0.3) is 21.6 Å². The van der Waals surface area contributed by atoms with E-state index in [4.69, 9.17) is 5.26 Å². The summed E-state index contributed by atoms with van der Waals surface area (Å²) < 4.78 is 41.6. The topological polar surface area (TPSA) is 154 Å². The van der Waals surface area contributed by atoms with Gasteiger partial charge in [0.1, 0.15) is 11.6 Å². The standard InChI is InChI=1S/C22H17FN4O6S/c1-26(13-15-9-14(12-24)5-7-20(15)23)22(29)19-10-16(6-8-21(19)28)25-34(32,33)18-4-2-3-17(11-18)27(30)31/h2-11,25,28H,13H2,1H3. The number of nitriles is 1. The Morgan fingerprint density at radius 1 is 1.21 bits per heavy atom. The number of rotatable bonds is 7. The molecule has 0 heterocycles. The van der Waals surface area contributed by atoms with E-state index >= 15 is 0 Å². The van der Waals surface area contributed by atoms with Gasteiger partial charge in [-0.25, -0.2) is 12.8 Å². The Hall–Kier alpha value is -4.50. The third kappa shape index (κ3) is 5.28. The number of anilines is 1. The van der Waals surface area contributed by atoms with Crippen molar-refractivity contribution >= 4 is 27.3 Å². The van der Waals surface area contributed by atoms with Gasteiger partial charge in [-0.3, -0.25) is 19.6 Å². The van der Waals surface area contributed by atoms with E-state index in [0.717, 1.165) is 35.2 Å². The van der Waals surface area contributed by atoms with Crippen molar-refractivity contribution < 1.29 is 27.6 Å². The molecule has 34 heavy (non-hydrogen) atoms. The number of aromatic hydroxyl groups is 1. The molecule has 3 aromatic rings. The molecule has 2 N–H and O–H groups in total. The molecular weight excluding hydrogens is 467 g/mol. The summed E-state index contributed by atoms with van der Waals surface area (Å²) in [5.41, 5.74) is -0.481. The number of halogens is 1. The van der Waals surface area contributed by atoms with Gasteiger partial charge in [-0.1, -0.05) is 6.07 Å². The quantitative estimate of drug-likeness (QED) is 0.296. The van der Waals surface area contributed by atoms with Gasteiger partial charge in [0.05, 0.1) is 27.0 Å². The van der Waals surface area contributed by atoms with E-state index in [9.17, 15) is 32.8 Å². The van der Waals surface area contributed by atoms with Gasteiger partial charge in [-0.2, -0.15) is 5.26 Å². The molecule has 0 radical (unpaired) electrons. The van der Waals surface area contributed by atoms with Crippen LogP contribution in [0.15, 0.2) is 65.6 Å². The fraction of sp³-hybridized carbons (Fsp3) is 0.0909. The van der Waals surface area contributed by atoms with Gasteiger partial charge in [0.2, 0.25) is 0 Å². The Morgan fingerprint density at radius 3 is 2.62 bits per heavy atom. The number of benzene rings is 3. The molecule has 0 bridgehead atoms. The summed E-state index contributed by atoms with van der Waals surface area (Å²) in [6.07, 6.45) is 0. The number of phenolic OH excluding ortho intramolecular Hbond substituents is 1. The van der Waals surface area contributed by atoms with Gasteiger partial charge < -0.3 is 10.0 Å². The molecule has 0 saturated heterocycles. The molecule has 0 saturated carbocycles. The number of non-ortho nitro benzene ring substituents is 1. The number of nitrogens with zero attached hydrogens (tertiary/aromatic N) is 3. The molecule has 0 atom stereocenters. The van der Waals surface area contributed by atoms with Crippen molar-refractivity contribution in [2.75, 3.05) is 11.8 Å². The van der Waals surface area contributed by atoms with E-state index in [1.165, 1.54) is 37.4 Å². The normalized spacial score (nSPS) is 10.9. The molecule has 0 aliphatic carbocycles. The lowest BCUT2D eigenvalue weighted by Gasteiger charge is -2.19. The molecule has 0 aromatic heterocycles. The first-order valence-electron chi connectivity index (χ1n) is 9.56. The van der Waals surface area contributed by atoms with Crippen LogP contribution in [-0.2, 0) is 16.6 Å². The largest absolute Gasteiger partial charge is 0.507 e. The van der Waals surface area contributed by atoms with Crippen molar-refractivity contribution in [1.29, 1.82) is 5.26 Å². The average Bonchev–Trinajstić information content (AvgIpc) is 2.81. The van der Waals surface area contributed by atoms with Crippen molar-refractivity contribution in [1.82, 2.24) is 4.90 Å². The van der Waals surface area contributed by atoms with Crippen LogP contribution in [0.4, 0.5) is 15.8 Å². The van der Waals surface area contributed by atoms with Crippen LogP contribution in [0.2, 0.25) is 0 Å². The summed E-state index contributed by atoms with van der Waals surface area (Å²) in [4.78, 5) is 23.8. The molecule has 12 heteroatoms. The predicted molar refractivity (Wildman–Crippen MR) is 119 cm³/mol. The molecular formula is C22H17FN4O6S. The molecule has 0 spiro atoms. The lowest BCUT2D eigenvalue weighted by molar-refractivity contribution is -0.385. The zero-order valence-corrected chi connectivity index (χ0v) is 18.4. The zero-order chi connectivity index (χ0) is 25.0. The number of hydrogen-bond acceptors (Lipinski definition) is 7. The molecule has 10 nitrogen and oxygen atoms in total. The minimum absolute atomic E-state index is 0.0805. The predicted octanol–water partition coefficient (Wildman–Crippen LogP) is 3.38. The van der Waals surface area contributed by atoms with Crippen molar-refractivity contribution in [3.63, 3.8) is 0 Å². The lowest BCUT2D eigenvalue weighted by Crippen LogP contribution is -2.27. The summed E-state index contributed by atoms with van der Waals surface area (Å²) in [7, 11) is -2.90. The van der Waals surface area contributed by atoms with Crippen molar-refractivity contribution in [3.05, 3.63) is 93.3 Å². The number of amides is 1. The van der Waals surface area contributed by atoms with E-state index in [-0.39, 0.29) is 33.8 Å². The number of sulfonamides is 1. The second-order valence-corrected chi connectivity index (χ2v) is 8.85. The Kier molecular flexibility index (Phi) is 6.78. The van der Waals surface area contributed by atoms with Crippen LogP contribution in [-0.4, -0.2) is 36.3 Å². The number of nitro benzene ring substituents is 1. The highest BCUT2D eigenvalue weighted by atomic mass is 32.2. The van der Waals surface area contributed by atoms with Crippen LogP contribution in [0, 0.1) is 27.3 Å². The number of hydrogen-bond donors (Lipinski definition) is 2. The first-order chi connectivity index (χ1) is 16.0. The van der Waals surface area contributed by atoms with Crippen molar-refractivity contribution in [2.24, 2.45) is 0 Å². The molecule has 174 valence electrons. The first kappa shape index (κ1) is 24.1. The van der Waals surface area contributed by atoms with Crippen LogP contribution < -0.4 is 4.72 Å². The van der Waals surface area contributed by atoms with E-state index in [1.54, 1.807) is 0 Å². The SMILES string of the molecule is CN(Cc1cc(C#N)ccc1F)C(=O)c1cc(NS(=O)(=O)c2cccc([N+](=O)[O-])c2)ccc1O. The Morgan fingerprint density at radius 2 is 1.94 bits per heavy atom. The zero-order valence-electron chi connectivity index (χ0n) is 17.6.